The van der Waals surface area contributed by atoms with Crippen molar-refractivity contribution in [1.29, 1.82) is 0 Å². The molecule has 164 valence electrons. The fraction of sp³-hybridized carbons (Fsp3) is 0.476. The second kappa shape index (κ2) is 8.70. The molecule has 1 aliphatic rings. The topological polar surface area (TPSA) is 101 Å². The van der Waals surface area contributed by atoms with Crippen LogP contribution < -0.4 is 4.90 Å². The number of likely N-dealkylation sites (tertiary alicyclic amines) is 1. The first-order chi connectivity index (χ1) is 14.8. The van der Waals surface area contributed by atoms with Crippen LogP contribution in [0.3, 0.4) is 0 Å². The third kappa shape index (κ3) is 4.43. The quantitative estimate of drug-likeness (QED) is 0.530. The predicted octanol–water partition coefficient (Wildman–Crippen LogP) is 3.57. The van der Waals surface area contributed by atoms with Crippen LogP contribution in [0.1, 0.15) is 41.7 Å². The van der Waals surface area contributed by atoms with Gasteiger partial charge in [-0.1, -0.05) is 16.9 Å². The molecule has 1 amide bonds. The Morgan fingerprint density at radius 2 is 2.10 bits per heavy atom. The Balaban J connectivity index is 1.60. The zero-order valence-electron chi connectivity index (χ0n) is 18.4. The van der Waals surface area contributed by atoms with Gasteiger partial charge in [-0.2, -0.15) is 0 Å². The average Bonchev–Trinajstić information content (AvgIpc) is 3.46. The number of amides is 1. The van der Waals surface area contributed by atoms with Crippen LogP contribution in [0.25, 0.3) is 11.3 Å². The monoisotopic (exact) mass is 442 g/mol. The van der Waals surface area contributed by atoms with Crippen molar-refractivity contribution in [3.63, 3.8) is 0 Å². The number of aromatic nitrogens is 4. The van der Waals surface area contributed by atoms with Gasteiger partial charge in [-0.3, -0.25) is 4.79 Å². The van der Waals surface area contributed by atoms with Gasteiger partial charge in [0, 0.05) is 32.9 Å². The lowest BCUT2D eigenvalue weighted by Gasteiger charge is -2.26. The molecule has 0 N–H and O–H groups in total. The molecule has 0 spiro atoms. The minimum atomic E-state index is -0.150. The number of rotatable bonds is 6. The maximum Gasteiger partial charge on any atom is 0.256 e. The summed E-state index contributed by atoms with van der Waals surface area (Å²) in [4.78, 5) is 30.5. The van der Waals surface area contributed by atoms with Gasteiger partial charge < -0.3 is 18.7 Å². The van der Waals surface area contributed by atoms with Gasteiger partial charge in [0.05, 0.1) is 34.4 Å². The SMILES string of the molecule is Cc1cc(-c2cnc(N(C)C)nc2[C@@H]2CCCN2C(=O)CSc2nc(C)c(C)o2)on1. The summed E-state index contributed by atoms with van der Waals surface area (Å²) in [6, 6.07) is 1.71. The average molecular weight is 443 g/mol. The van der Waals surface area contributed by atoms with Gasteiger partial charge in [0.25, 0.3) is 5.22 Å². The van der Waals surface area contributed by atoms with E-state index < -0.39 is 0 Å². The van der Waals surface area contributed by atoms with Crippen LogP contribution in [0.4, 0.5) is 5.95 Å². The molecule has 4 heterocycles. The molecule has 3 aromatic heterocycles. The van der Waals surface area contributed by atoms with Gasteiger partial charge in [-0.15, -0.1) is 0 Å². The third-order valence-corrected chi connectivity index (χ3v) is 6.13. The lowest BCUT2D eigenvalue weighted by atomic mass is 10.0. The summed E-state index contributed by atoms with van der Waals surface area (Å²) in [5.41, 5.74) is 3.18. The van der Waals surface area contributed by atoms with E-state index in [0.29, 0.717) is 23.5 Å². The highest BCUT2D eigenvalue weighted by molar-refractivity contribution is 7.99. The van der Waals surface area contributed by atoms with Crippen LogP contribution >= 0.6 is 11.8 Å². The molecule has 1 saturated heterocycles. The van der Waals surface area contributed by atoms with Crippen LogP contribution in [0.2, 0.25) is 0 Å². The van der Waals surface area contributed by atoms with Crippen molar-refractivity contribution >= 4 is 23.6 Å². The van der Waals surface area contributed by atoms with Gasteiger partial charge in [0.2, 0.25) is 11.9 Å². The molecule has 0 aliphatic carbocycles. The van der Waals surface area contributed by atoms with Gasteiger partial charge in [0.1, 0.15) is 5.76 Å². The molecule has 4 rings (SSSR count). The Bertz CT molecular complexity index is 1070. The van der Waals surface area contributed by atoms with E-state index in [1.54, 1.807) is 6.20 Å². The van der Waals surface area contributed by atoms with Crippen molar-refractivity contribution in [3.05, 3.63) is 35.1 Å². The first-order valence-electron chi connectivity index (χ1n) is 10.2. The number of carbonyl (C=O) groups excluding carboxylic acids is 1. The van der Waals surface area contributed by atoms with Gasteiger partial charge in [0.15, 0.2) is 5.76 Å². The summed E-state index contributed by atoms with van der Waals surface area (Å²) < 4.78 is 11.1. The second-order valence-corrected chi connectivity index (χ2v) is 8.78. The summed E-state index contributed by atoms with van der Waals surface area (Å²) in [6.45, 7) is 6.32. The predicted molar refractivity (Wildman–Crippen MR) is 117 cm³/mol. The Labute approximate surface area is 185 Å². The molecule has 0 bridgehead atoms. The lowest BCUT2D eigenvalue weighted by molar-refractivity contribution is -0.129. The minimum Gasteiger partial charge on any atom is -0.437 e. The first-order valence-corrected chi connectivity index (χ1v) is 11.2. The molecular formula is C21H26N6O3S. The van der Waals surface area contributed by atoms with Crippen LogP contribution in [-0.4, -0.2) is 57.3 Å². The standard InChI is InChI=1S/C21H26N6O3S/c1-12-9-17(30-25-12)15-10-22-20(26(4)5)24-19(15)16-7-6-8-27(16)18(28)11-31-21-23-13(2)14(3)29-21/h9-10,16H,6-8,11H2,1-5H3/t16-/m0/s1. The molecule has 10 heteroatoms. The van der Waals surface area contributed by atoms with Crippen molar-refractivity contribution in [3.8, 4) is 11.3 Å². The highest BCUT2D eigenvalue weighted by atomic mass is 32.2. The molecule has 3 aromatic rings. The summed E-state index contributed by atoms with van der Waals surface area (Å²) in [5.74, 6) is 2.27. The molecule has 1 fully saturated rings. The van der Waals surface area contributed by atoms with Crippen LogP contribution in [-0.2, 0) is 4.79 Å². The van der Waals surface area contributed by atoms with Gasteiger partial charge in [-0.05, 0) is 33.6 Å². The number of hydrogen-bond acceptors (Lipinski definition) is 9. The molecule has 31 heavy (non-hydrogen) atoms. The highest BCUT2D eigenvalue weighted by Gasteiger charge is 2.34. The fourth-order valence-electron chi connectivity index (χ4n) is 3.60. The van der Waals surface area contributed by atoms with E-state index >= 15 is 0 Å². The maximum absolute atomic E-state index is 13.1. The number of oxazole rings is 1. The van der Waals surface area contributed by atoms with Crippen LogP contribution in [0.15, 0.2) is 26.4 Å². The maximum atomic E-state index is 13.1. The summed E-state index contributed by atoms with van der Waals surface area (Å²) in [7, 11) is 3.79. The number of aryl methyl sites for hydroxylation is 3. The molecular weight excluding hydrogens is 416 g/mol. The normalized spacial score (nSPS) is 16.2. The molecule has 1 aliphatic heterocycles. The number of nitrogens with zero attached hydrogens (tertiary/aromatic N) is 6. The largest absolute Gasteiger partial charge is 0.437 e. The van der Waals surface area contributed by atoms with Crippen LogP contribution in [0.5, 0.6) is 0 Å². The molecule has 9 nitrogen and oxygen atoms in total. The summed E-state index contributed by atoms with van der Waals surface area (Å²) >= 11 is 1.32. The molecule has 0 aromatic carbocycles. The van der Waals surface area contributed by atoms with E-state index in [9.17, 15) is 4.79 Å². The zero-order valence-corrected chi connectivity index (χ0v) is 19.2. The number of carbonyl (C=O) groups is 1. The third-order valence-electron chi connectivity index (χ3n) is 5.32. The van der Waals surface area contributed by atoms with Crippen molar-refractivity contribution in [1.82, 2.24) is 25.0 Å². The van der Waals surface area contributed by atoms with E-state index in [1.807, 2.05) is 50.7 Å². The zero-order chi connectivity index (χ0) is 22.1. The van der Waals surface area contributed by atoms with E-state index in [-0.39, 0.29) is 17.7 Å². The van der Waals surface area contributed by atoms with E-state index in [2.05, 4.69) is 15.1 Å². The summed E-state index contributed by atoms with van der Waals surface area (Å²) in [6.07, 6.45) is 3.50. The van der Waals surface area contributed by atoms with Crippen LogP contribution in [0, 0.1) is 20.8 Å². The van der Waals surface area contributed by atoms with E-state index in [1.165, 1.54) is 11.8 Å². The van der Waals surface area contributed by atoms with Gasteiger partial charge in [-0.25, -0.2) is 15.0 Å². The fourth-order valence-corrected chi connectivity index (χ4v) is 4.39. The number of thioether (sulfide) groups is 1. The van der Waals surface area contributed by atoms with E-state index in [4.69, 9.17) is 13.9 Å². The smallest absolute Gasteiger partial charge is 0.256 e. The Morgan fingerprint density at radius 3 is 2.74 bits per heavy atom. The minimum absolute atomic E-state index is 0.0331. The van der Waals surface area contributed by atoms with Crippen molar-refractivity contribution in [2.45, 2.75) is 44.9 Å². The first kappa shape index (κ1) is 21.4. The highest BCUT2D eigenvalue weighted by Crippen LogP contribution is 2.38. The number of hydrogen-bond donors (Lipinski definition) is 0. The Kier molecular flexibility index (Phi) is 5.99. The molecule has 0 saturated carbocycles. The molecule has 0 radical (unpaired) electrons. The van der Waals surface area contributed by atoms with Gasteiger partial charge >= 0.3 is 0 Å². The lowest BCUT2D eigenvalue weighted by Crippen LogP contribution is -2.33. The Hall–Kier alpha value is -2.88. The summed E-state index contributed by atoms with van der Waals surface area (Å²) in [5, 5.41) is 4.52. The van der Waals surface area contributed by atoms with E-state index in [0.717, 1.165) is 41.2 Å². The Morgan fingerprint density at radius 1 is 1.29 bits per heavy atom. The van der Waals surface area contributed by atoms with Crippen molar-refractivity contribution in [2.75, 3.05) is 31.3 Å². The van der Waals surface area contributed by atoms with Crippen molar-refractivity contribution < 1.29 is 13.7 Å². The molecule has 0 unspecified atom stereocenters. The number of anilines is 1. The molecule has 1 atom stereocenters. The second-order valence-electron chi connectivity index (χ2n) is 7.85. The van der Waals surface area contributed by atoms with Crippen molar-refractivity contribution in [2.24, 2.45) is 0 Å².